The van der Waals surface area contributed by atoms with Crippen LogP contribution in [0.1, 0.15) is 47.5 Å². The Balaban J connectivity index is 4.14. The molecule has 0 fully saturated rings. The van der Waals surface area contributed by atoms with Crippen LogP contribution in [0.25, 0.3) is 0 Å². The van der Waals surface area contributed by atoms with Gasteiger partial charge in [0.1, 0.15) is 0 Å². The van der Waals surface area contributed by atoms with Gasteiger partial charge in [0.2, 0.25) is 0 Å². The molecule has 0 radical (unpaired) electrons. The second-order valence-corrected chi connectivity index (χ2v) is 5.34. The van der Waals surface area contributed by atoms with Crippen LogP contribution in [-0.2, 0) is 9.53 Å². The van der Waals surface area contributed by atoms with Crippen LogP contribution in [0.15, 0.2) is 23.8 Å². The SMILES string of the molecule is C=C(C)[C@H](CC=C(C)C)COC(=O)CC(C)C. The molecule has 0 spiro atoms. The summed E-state index contributed by atoms with van der Waals surface area (Å²) in [5, 5.41) is 0. The third-order valence-electron chi connectivity index (χ3n) is 2.53. The molecule has 17 heavy (non-hydrogen) atoms. The van der Waals surface area contributed by atoms with Crippen LogP contribution in [0.2, 0.25) is 0 Å². The second kappa shape index (κ2) is 8.10. The molecule has 0 bridgehead atoms. The van der Waals surface area contributed by atoms with Gasteiger partial charge in [-0.05, 0) is 33.1 Å². The quantitative estimate of drug-likeness (QED) is 0.492. The average molecular weight is 238 g/mol. The highest BCUT2D eigenvalue weighted by Gasteiger charge is 2.12. The summed E-state index contributed by atoms with van der Waals surface area (Å²) in [6, 6.07) is 0. The molecule has 0 saturated carbocycles. The predicted molar refractivity (Wildman–Crippen MR) is 72.8 cm³/mol. The van der Waals surface area contributed by atoms with Gasteiger partial charge < -0.3 is 4.74 Å². The third kappa shape index (κ3) is 8.73. The van der Waals surface area contributed by atoms with Crippen molar-refractivity contribution in [2.45, 2.75) is 47.5 Å². The Morgan fingerprint density at radius 1 is 1.29 bits per heavy atom. The largest absolute Gasteiger partial charge is 0.465 e. The molecular formula is C15H26O2. The van der Waals surface area contributed by atoms with Gasteiger partial charge in [0.25, 0.3) is 0 Å². The van der Waals surface area contributed by atoms with Crippen molar-refractivity contribution >= 4 is 5.97 Å². The number of rotatable bonds is 7. The molecule has 0 aromatic heterocycles. The summed E-state index contributed by atoms with van der Waals surface area (Å²) < 4.78 is 5.28. The van der Waals surface area contributed by atoms with E-state index in [9.17, 15) is 4.79 Å². The van der Waals surface area contributed by atoms with Crippen molar-refractivity contribution in [2.24, 2.45) is 11.8 Å². The van der Waals surface area contributed by atoms with Crippen LogP contribution in [-0.4, -0.2) is 12.6 Å². The van der Waals surface area contributed by atoms with E-state index in [1.807, 2.05) is 20.8 Å². The lowest BCUT2D eigenvalue weighted by Crippen LogP contribution is -2.15. The first-order valence-electron chi connectivity index (χ1n) is 6.27. The van der Waals surface area contributed by atoms with Crippen molar-refractivity contribution in [2.75, 3.05) is 6.61 Å². The summed E-state index contributed by atoms with van der Waals surface area (Å²) in [5.41, 5.74) is 2.35. The van der Waals surface area contributed by atoms with Crippen LogP contribution < -0.4 is 0 Å². The normalized spacial score (nSPS) is 12.1. The van der Waals surface area contributed by atoms with Crippen molar-refractivity contribution < 1.29 is 9.53 Å². The van der Waals surface area contributed by atoms with E-state index in [1.54, 1.807) is 0 Å². The Labute approximate surface area is 106 Å². The third-order valence-corrected chi connectivity index (χ3v) is 2.53. The number of esters is 1. The topological polar surface area (TPSA) is 26.3 Å². The Bertz CT molecular complexity index is 283. The maximum absolute atomic E-state index is 11.5. The van der Waals surface area contributed by atoms with Gasteiger partial charge >= 0.3 is 5.97 Å². The van der Waals surface area contributed by atoms with Crippen LogP contribution in [0.4, 0.5) is 0 Å². The van der Waals surface area contributed by atoms with Gasteiger partial charge in [0, 0.05) is 12.3 Å². The van der Waals surface area contributed by atoms with Gasteiger partial charge in [-0.15, -0.1) is 0 Å². The molecule has 0 aliphatic rings. The molecule has 0 heterocycles. The molecule has 0 unspecified atom stereocenters. The lowest BCUT2D eigenvalue weighted by atomic mass is 9.98. The van der Waals surface area contributed by atoms with Crippen LogP contribution in [0.5, 0.6) is 0 Å². The lowest BCUT2D eigenvalue weighted by Gasteiger charge is -2.16. The minimum Gasteiger partial charge on any atom is -0.465 e. The van der Waals surface area contributed by atoms with E-state index < -0.39 is 0 Å². The maximum Gasteiger partial charge on any atom is 0.306 e. The second-order valence-electron chi connectivity index (χ2n) is 5.34. The molecule has 0 aliphatic heterocycles. The number of carbonyl (C=O) groups is 1. The zero-order chi connectivity index (χ0) is 13.4. The van der Waals surface area contributed by atoms with Crippen molar-refractivity contribution in [3.63, 3.8) is 0 Å². The van der Waals surface area contributed by atoms with Crippen molar-refractivity contribution in [1.82, 2.24) is 0 Å². The fraction of sp³-hybridized carbons (Fsp3) is 0.667. The van der Waals surface area contributed by atoms with Crippen molar-refractivity contribution in [1.29, 1.82) is 0 Å². The Hall–Kier alpha value is -1.05. The molecule has 1 atom stereocenters. The minimum absolute atomic E-state index is 0.108. The average Bonchev–Trinajstić information content (AvgIpc) is 2.15. The molecule has 2 nitrogen and oxygen atoms in total. The molecular weight excluding hydrogens is 212 g/mol. The molecule has 98 valence electrons. The van der Waals surface area contributed by atoms with Gasteiger partial charge in [-0.1, -0.05) is 37.6 Å². The van der Waals surface area contributed by atoms with Gasteiger partial charge in [-0.25, -0.2) is 0 Å². The van der Waals surface area contributed by atoms with E-state index in [0.29, 0.717) is 18.9 Å². The van der Waals surface area contributed by atoms with E-state index >= 15 is 0 Å². The van der Waals surface area contributed by atoms with Gasteiger partial charge in [0.15, 0.2) is 0 Å². The smallest absolute Gasteiger partial charge is 0.306 e. The van der Waals surface area contributed by atoms with E-state index in [2.05, 4.69) is 26.5 Å². The Kier molecular flexibility index (Phi) is 7.60. The summed E-state index contributed by atoms with van der Waals surface area (Å²) >= 11 is 0. The number of ether oxygens (including phenoxy) is 1. The number of allylic oxidation sites excluding steroid dienone is 2. The molecule has 0 aliphatic carbocycles. The minimum atomic E-state index is -0.108. The first-order valence-corrected chi connectivity index (χ1v) is 6.27. The Morgan fingerprint density at radius 2 is 1.88 bits per heavy atom. The lowest BCUT2D eigenvalue weighted by molar-refractivity contribution is -0.145. The monoisotopic (exact) mass is 238 g/mol. The molecule has 0 saturated heterocycles. The van der Waals surface area contributed by atoms with Gasteiger partial charge in [0.05, 0.1) is 6.61 Å². The molecule has 2 heteroatoms. The highest BCUT2D eigenvalue weighted by atomic mass is 16.5. The van der Waals surface area contributed by atoms with E-state index in [-0.39, 0.29) is 11.9 Å². The van der Waals surface area contributed by atoms with Crippen LogP contribution >= 0.6 is 0 Å². The van der Waals surface area contributed by atoms with Crippen molar-refractivity contribution in [3.05, 3.63) is 23.8 Å². The van der Waals surface area contributed by atoms with Crippen LogP contribution in [0, 0.1) is 11.8 Å². The Morgan fingerprint density at radius 3 is 2.29 bits per heavy atom. The summed E-state index contributed by atoms with van der Waals surface area (Å²) in [7, 11) is 0. The maximum atomic E-state index is 11.5. The van der Waals surface area contributed by atoms with Crippen molar-refractivity contribution in [3.8, 4) is 0 Å². The molecule has 0 amide bonds. The van der Waals surface area contributed by atoms with E-state index in [0.717, 1.165) is 12.0 Å². The highest BCUT2D eigenvalue weighted by molar-refractivity contribution is 5.69. The molecule has 0 rings (SSSR count). The summed E-state index contributed by atoms with van der Waals surface area (Å²) in [5.74, 6) is 0.480. The zero-order valence-corrected chi connectivity index (χ0v) is 11.9. The summed E-state index contributed by atoms with van der Waals surface area (Å²) in [6.07, 6.45) is 3.55. The number of carbonyl (C=O) groups excluding carboxylic acids is 1. The first-order chi connectivity index (χ1) is 7.82. The van der Waals surface area contributed by atoms with E-state index in [4.69, 9.17) is 4.74 Å². The van der Waals surface area contributed by atoms with Gasteiger partial charge in [-0.2, -0.15) is 0 Å². The van der Waals surface area contributed by atoms with E-state index in [1.165, 1.54) is 5.57 Å². The van der Waals surface area contributed by atoms with Crippen LogP contribution in [0.3, 0.4) is 0 Å². The summed E-state index contributed by atoms with van der Waals surface area (Å²) in [6.45, 7) is 14.6. The predicted octanol–water partition coefficient (Wildman–Crippen LogP) is 4.12. The first kappa shape index (κ1) is 16.0. The molecule has 0 aromatic rings. The standard InChI is InChI=1S/C15H26O2/c1-11(2)7-8-14(13(5)6)10-17-15(16)9-12(3)4/h7,12,14H,5,8-10H2,1-4,6H3/t14-/m1/s1. The highest BCUT2D eigenvalue weighted by Crippen LogP contribution is 2.16. The zero-order valence-electron chi connectivity index (χ0n) is 11.9. The number of hydrogen-bond donors (Lipinski definition) is 0. The number of hydrogen-bond acceptors (Lipinski definition) is 2. The molecule has 0 N–H and O–H groups in total. The molecule has 0 aromatic carbocycles. The van der Waals surface area contributed by atoms with Gasteiger partial charge in [-0.3, -0.25) is 4.79 Å². The fourth-order valence-corrected chi connectivity index (χ4v) is 1.38. The fourth-order valence-electron chi connectivity index (χ4n) is 1.38. The summed E-state index contributed by atoms with van der Waals surface area (Å²) in [4.78, 5) is 11.5.